The van der Waals surface area contributed by atoms with Crippen LogP contribution >= 0.6 is 11.3 Å². The molecule has 0 spiro atoms. The standard InChI is InChI=1S/C13H17N3OS/c1-8(2)17-11-4-10(5-15-6-11)12(14)13-9(3)16-7-18-13/h4-8,12H,14H2,1-3H3. The highest BCUT2D eigenvalue weighted by molar-refractivity contribution is 7.09. The van der Waals surface area contributed by atoms with Gasteiger partial charge in [0.1, 0.15) is 5.75 Å². The molecular weight excluding hydrogens is 246 g/mol. The molecule has 0 amide bonds. The number of hydrogen-bond donors (Lipinski definition) is 1. The van der Waals surface area contributed by atoms with Gasteiger partial charge in [0.05, 0.1) is 29.5 Å². The minimum Gasteiger partial charge on any atom is -0.489 e. The van der Waals surface area contributed by atoms with Crippen molar-refractivity contribution in [3.8, 4) is 5.75 Å². The third-order valence-electron chi connectivity index (χ3n) is 2.53. The number of thiazole rings is 1. The second-order valence-corrected chi connectivity index (χ2v) is 5.29. The Hall–Kier alpha value is -1.46. The van der Waals surface area contributed by atoms with E-state index in [0.717, 1.165) is 21.9 Å². The van der Waals surface area contributed by atoms with Crippen molar-refractivity contribution in [3.05, 3.63) is 40.1 Å². The van der Waals surface area contributed by atoms with Crippen LogP contribution in [0.15, 0.2) is 24.0 Å². The highest BCUT2D eigenvalue weighted by atomic mass is 32.1. The number of aromatic nitrogens is 2. The van der Waals surface area contributed by atoms with E-state index in [-0.39, 0.29) is 12.1 Å². The maximum absolute atomic E-state index is 6.24. The normalized spacial score (nSPS) is 12.7. The fourth-order valence-electron chi connectivity index (χ4n) is 1.70. The largest absolute Gasteiger partial charge is 0.489 e. The van der Waals surface area contributed by atoms with Gasteiger partial charge in [0, 0.05) is 11.1 Å². The van der Waals surface area contributed by atoms with Crippen molar-refractivity contribution in [2.24, 2.45) is 5.73 Å². The lowest BCUT2D eigenvalue weighted by Gasteiger charge is -2.14. The SMILES string of the molecule is Cc1ncsc1C(N)c1cncc(OC(C)C)c1. The van der Waals surface area contributed by atoms with Gasteiger partial charge in [0.15, 0.2) is 0 Å². The zero-order chi connectivity index (χ0) is 13.1. The van der Waals surface area contributed by atoms with Gasteiger partial charge in [-0.1, -0.05) is 0 Å². The molecule has 0 radical (unpaired) electrons. The van der Waals surface area contributed by atoms with Crippen LogP contribution in [0, 0.1) is 6.92 Å². The van der Waals surface area contributed by atoms with E-state index in [1.807, 2.05) is 32.3 Å². The number of hydrogen-bond acceptors (Lipinski definition) is 5. The molecule has 0 saturated heterocycles. The molecule has 0 saturated carbocycles. The van der Waals surface area contributed by atoms with Gasteiger partial charge in [0.2, 0.25) is 0 Å². The minimum absolute atomic E-state index is 0.128. The third-order valence-corrected chi connectivity index (χ3v) is 3.54. The molecule has 2 rings (SSSR count). The van der Waals surface area contributed by atoms with Crippen LogP contribution in [-0.4, -0.2) is 16.1 Å². The van der Waals surface area contributed by atoms with Gasteiger partial charge >= 0.3 is 0 Å². The molecule has 1 atom stereocenters. The Kier molecular flexibility index (Phi) is 3.93. The molecule has 18 heavy (non-hydrogen) atoms. The van der Waals surface area contributed by atoms with Crippen molar-refractivity contribution in [2.45, 2.75) is 32.9 Å². The minimum atomic E-state index is -0.194. The number of rotatable bonds is 4. The molecule has 2 N–H and O–H groups in total. The summed E-state index contributed by atoms with van der Waals surface area (Å²) in [5.74, 6) is 0.750. The van der Waals surface area contributed by atoms with Crippen LogP contribution in [0.4, 0.5) is 0 Å². The molecular formula is C13H17N3OS. The van der Waals surface area contributed by atoms with Crippen LogP contribution < -0.4 is 10.5 Å². The lowest BCUT2D eigenvalue weighted by Crippen LogP contribution is -2.13. The van der Waals surface area contributed by atoms with E-state index >= 15 is 0 Å². The summed E-state index contributed by atoms with van der Waals surface area (Å²) in [6.07, 6.45) is 3.61. The summed E-state index contributed by atoms with van der Waals surface area (Å²) in [6.45, 7) is 5.94. The molecule has 0 bridgehead atoms. The quantitative estimate of drug-likeness (QED) is 0.921. The Morgan fingerprint density at radius 3 is 2.72 bits per heavy atom. The first-order valence-corrected chi connectivity index (χ1v) is 6.73. The number of aryl methyl sites for hydroxylation is 1. The zero-order valence-electron chi connectivity index (χ0n) is 10.8. The second kappa shape index (κ2) is 5.46. The van der Waals surface area contributed by atoms with Gasteiger partial charge in [-0.25, -0.2) is 4.98 Å². The van der Waals surface area contributed by atoms with E-state index in [0.29, 0.717) is 0 Å². The fraction of sp³-hybridized carbons (Fsp3) is 0.385. The fourth-order valence-corrected chi connectivity index (χ4v) is 2.53. The first-order valence-electron chi connectivity index (χ1n) is 5.85. The Labute approximate surface area is 111 Å². The lowest BCUT2D eigenvalue weighted by atomic mass is 10.1. The number of nitrogens with two attached hydrogens (primary N) is 1. The molecule has 0 fully saturated rings. The van der Waals surface area contributed by atoms with Crippen molar-refractivity contribution < 1.29 is 4.74 Å². The first-order chi connectivity index (χ1) is 8.58. The summed E-state index contributed by atoms with van der Waals surface area (Å²) >= 11 is 1.57. The highest BCUT2D eigenvalue weighted by Gasteiger charge is 2.15. The maximum atomic E-state index is 6.24. The van der Waals surface area contributed by atoms with Crippen LogP contribution in [0.3, 0.4) is 0 Å². The number of pyridine rings is 1. The summed E-state index contributed by atoms with van der Waals surface area (Å²) in [5.41, 5.74) is 9.97. The van der Waals surface area contributed by atoms with Gasteiger partial charge in [-0.05, 0) is 32.4 Å². The van der Waals surface area contributed by atoms with E-state index in [2.05, 4.69) is 9.97 Å². The summed E-state index contributed by atoms with van der Waals surface area (Å²) in [5, 5.41) is 0. The maximum Gasteiger partial charge on any atom is 0.138 e. The Morgan fingerprint density at radius 1 is 1.33 bits per heavy atom. The van der Waals surface area contributed by atoms with Crippen molar-refractivity contribution in [1.82, 2.24) is 9.97 Å². The van der Waals surface area contributed by atoms with E-state index in [1.54, 1.807) is 23.7 Å². The van der Waals surface area contributed by atoms with Crippen LogP contribution in [0.5, 0.6) is 5.75 Å². The Bertz CT molecular complexity index is 524. The molecule has 2 heterocycles. The Morgan fingerprint density at radius 2 is 2.11 bits per heavy atom. The molecule has 4 nitrogen and oxygen atoms in total. The molecule has 0 aliphatic rings. The number of nitrogens with zero attached hydrogens (tertiary/aromatic N) is 2. The lowest BCUT2D eigenvalue weighted by molar-refractivity contribution is 0.241. The van der Waals surface area contributed by atoms with E-state index in [4.69, 9.17) is 10.5 Å². The van der Waals surface area contributed by atoms with E-state index in [1.165, 1.54) is 0 Å². The third kappa shape index (κ3) is 2.86. The number of ether oxygens (including phenoxy) is 1. The van der Waals surface area contributed by atoms with Gasteiger partial charge in [-0.3, -0.25) is 4.98 Å². The van der Waals surface area contributed by atoms with Crippen LogP contribution in [0.1, 0.15) is 36.0 Å². The molecule has 2 aromatic rings. The Balaban J connectivity index is 2.25. The molecule has 0 aliphatic heterocycles. The smallest absolute Gasteiger partial charge is 0.138 e. The summed E-state index contributed by atoms with van der Waals surface area (Å²) in [6, 6.07) is 1.75. The van der Waals surface area contributed by atoms with Crippen molar-refractivity contribution >= 4 is 11.3 Å². The highest BCUT2D eigenvalue weighted by Crippen LogP contribution is 2.27. The first kappa shape index (κ1) is 13.0. The van der Waals surface area contributed by atoms with E-state index < -0.39 is 0 Å². The summed E-state index contributed by atoms with van der Waals surface area (Å²) in [4.78, 5) is 9.47. The van der Waals surface area contributed by atoms with Gasteiger partial charge in [-0.15, -0.1) is 11.3 Å². The zero-order valence-corrected chi connectivity index (χ0v) is 11.6. The molecule has 5 heteroatoms. The summed E-state index contributed by atoms with van der Waals surface area (Å²) in [7, 11) is 0. The van der Waals surface area contributed by atoms with Crippen LogP contribution in [0.2, 0.25) is 0 Å². The average Bonchev–Trinajstić information content (AvgIpc) is 2.74. The van der Waals surface area contributed by atoms with Crippen molar-refractivity contribution in [1.29, 1.82) is 0 Å². The molecule has 96 valence electrons. The molecule has 2 aromatic heterocycles. The van der Waals surface area contributed by atoms with Gasteiger partial charge < -0.3 is 10.5 Å². The van der Waals surface area contributed by atoms with Crippen molar-refractivity contribution in [2.75, 3.05) is 0 Å². The topological polar surface area (TPSA) is 61.0 Å². The van der Waals surface area contributed by atoms with Crippen LogP contribution in [0.25, 0.3) is 0 Å². The monoisotopic (exact) mass is 263 g/mol. The molecule has 0 aliphatic carbocycles. The van der Waals surface area contributed by atoms with Gasteiger partial charge in [-0.2, -0.15) is 0 Å². The molecule has 0 aromatic carbocycles. The second-order valence-electron chi connectivity index (χ2n) is 4.40. The van der Waals surface area contributed by atoms with Gasteiger partial charge in [0.25, 0.3) is 0 Å². The summed E-state index contributed by atoms with van der Waals surface area (Å²) < 4.78 is 5.62. The van der Waals surface area contributed by atoms with E-state index in [9.17, 15) is 0 Å². The van der Waals surface area contributed by atoms with Crippen LogP contribution in [-0.2, 0) is 0 Å². The molecule has 1 unspecified atom stereocenters. The predicted molar refractivity (Wildman–Crippen MR) is 72.9 cm³/mol. The van der Waals surface area contributed by atoms with Crippen molar-refractivity contribution in [3.63, 3.8) is 0 Å². The predicted octanol–water partition coefficient (Wildman–Crippen LogP) is 2.68. The average molecular weight is 263 g/mol.